The van der Waals surface area contributed by atoms with Crippen LogP contribution >= 0.6 is 0 Å². The van der Waals surface area contributed by atoms with Crippen LogP contribution in [0.5, 0.6) is 0 Å². The van der Waals surface area contributed by atoms with E-state index in [4.69, 9.17) is 10.3 Å². The van der Waals surface area contributed by atoms with E-state index in [2.05, 4.69) is 15.3 Å². The molecule has 0 aliphatic rings. The van der Waals surface area contributed by atoms with Gasteiger partial charge in [0.05, 0.1) is 7.11 Å². The van der Waals surface area contributed by atoms with Gasteiger partial charge in [-0.15, -0.1) is 0 Å². The standard InChI is InChI=1S/C14H20N4O2/c1-11(12-7-4-3-5-8-12)13(14(19)20-2)16-9-6-10-17-18-15/h3-5,7-8,11,13,16H,6,9-10H2,1-2H3. The zero-order valence-corrected chi connectivity index (χ0v) is 11.8. The van der Waals surface area contributed by atoms with E-state index in [0.717, 1.165) is 5.56 Å². The number of hydrogen-bond donors (Lipinski definition) is 1. The molecule has 20 heavy (non-hydrogen) atoms. The summed E-state index contributed by atoms with van der Waals surface area (Å²) in [7, 11) is 1.38. The van der Waals surface area contributed by atoms with Crippen molar-refractivity contribution in [2.45, 2.75) is 25.3 Å². The van der Waals surface area contributed by atoms with Crippen molar-refractivity contribution in [3.63, 3.8) is 0 Å². The van der Waals surface area contributed by atoms with E-state index < -0.39 is 6.04 Å². The first-order valence-electron chi connectivity index (χ1n) is 6.57. The van der Waals surface area contributed by atoms with Crippen LogP contribution in [0.15, 0.2) is 35.4 Å². The van der Waals surface area contributed by atoms with Gasteiger partial charge in [-0.05, 0) is 24.1 Å². The molecule has 2 atom stereocenters. The molecule has 1 aromatic rings. The van der Waals surface area contributed by atoms with Crippen LogP contribution in [0.1, 0.15) is 24.8 Å². The van der Waals surface area contributed by atoms with Crippen molar-refractivity contribution in [2.75, 3.05) is 20.2 Å². The van der Waals surface area contributed by atoms with Crippen LogP contribution in [0.4, 0.5) is 0 Å². The van der Waals surface area contributed by atoms with Gasteiger partial charge in [0.25, 0.3) is 0 Å². The van der Waals surface area contributed by atoms with Gasteiger partial charge in [-0.1, -0.05) is 42.4 Å². The Labute approximate surface area is 118 Å². The zero-order chi connectivity index (χ0) is 14.8. The highest BCUT2D eigenvalue weighted by atomic mass is 16.5. The lowest BCUT2D eigenvalue weighted by Crippen LogP contribution is -2.42. The Balaban J connectivity index is 2.64. The summed E-state index contributed by atoms with van der Waals surface area (Å²) in [5, 5.41) is 6.63. The first-order chi connectivity index (χ1) is 9.70. The second kappa shape index (κ2) is 8.96. The number of carbonyl (C=O) groups excluding carboxylic acids is 1. The van der Waals surface area contributed by atoms with E-state index in [1.165, 1.54) is 7.11 Å². The smallest absolute Gasteiger partial charge is 0.323 e. The maximum Gasteiger partial charge on any atom is 0.323 e. The molecular formula is C14H20N4O2. The van der Waals surface area contributed by atoms with Gasteiger partial charge in [0.1, 0.15) is 6.04 Å². The molecule has 6 nitrogen and oxygen atoms in total. The third-order valence-corrected chi connectivity index (χ3v) is 3.14. The fourth-order valence-electron chi connectivity index (χ4n) is 1.99. The fraction of sp³-hybridized carbons (Fsp3) is 0.500. The second-order valence-electron chi connectivity index (χ2n) is 4.46. The average Bonchev–Trinajstić information content (AvgIpc) is 2.50. The Morgan fingerprint density at radius 3 is 2.75 bits per heavy atom. The zero-order valence-electron chi connectivity index (χ0n) is 11.8. The largest absolute Gasteiger partial charge is 0.468 e. The van der Waals surface area contributed by atoms with Gasteiger partial charge in [0.15, 0.2) is 0 Å². The van der Waals surface area contributed by atoms with Crippen LogP contribution in [-0.4, -0.2) is 32.2 Å². The number of nitrogens with one attached hydrogen (secondary N) is 1. The summed E-state index contributed by atoms with van der Waals surface area (Å²) < 4.78 is 4.85. The number of methoxy groups -OCH3 is 1. The molecule has 0 aliphatic heterocycles. The van der Waals surface area contributed by atoms with E-state index in [-0.39, 0.29) is 11.9 Å². The number of azide groups is 1. The number of rotatable bonds is 8. The third-order valence-electron chi connectivity index (χ3n) is 3.14. The van der Waals surface area contributed by atoms with Gasteiger partial charge in [-0.3, -0.25) is 4.79 Å². The van der Waals surface area contributed by atoms with Crippen LogP contribution in [0, 0.1) is 0 Å². The summed E-state index contributed by atoms with van der Waals surface area (Å²) in [5.41, 5.74) is 9.28. The molecule has 6 heteroatoms. The molecule has 0 fully saturated rings. The van der Waals surface area contributed by atoms with E-state index in [1.807, 2.05) is 37.3 Å². The highest BCUT2D eigenvalue weighted by molar-refractivity contribution is 5.77. The monoisotopic (exact) mass is 276 g/mol. The molecule has 1 aromatic carbocycles. The summed E-state index contributed by atoms with van der Waals surface area (Å²) in [4.78, 5) is 14.6. The molecule has 0 radical (unpaired) electrons. The van der Waals surface area contributed by atoms with E-state index in [1.54, 1.807) is 0 Å². The van der Waals surface area contributed by atoms with Crippen molar-refractivity contribution in [1.82, 2.24) is 5.32 Å². The number of carbonyl (C=O) groups is 1. The van der Waals surface area contributed by atoms with Gasteiger partial charge in [-0.2, -0.15) is 0 Å². The minimum absolute atomic E-state index is 0.00289. The maximum absolute atomic E-state index is 11.9. The van der Waals surface area contributed by atoms with Crippen LogP contribution < -0.4 is 5.32 Å². The van der Waals surface area contributed by atoms with Crippen LogP contribution in [0.3, 0.4) is 0 Å². The topological polar surface area (TPSA) is 87.1 Å². The predicted octanol–water partition coefficient (Wildman–Crippen LogP) is 2.62. The molecule has 1 N–H and O–H groups in total. The highest BCUT2D eigenvalue weighted by Gasteiger charge is 2.26. The summed E-state index contributed by atoms with van der Waals surface area (Å²) >= 11 is 0. The molecule has 1 rings (SSSR count). The molecule has 0 bridgehead atoms. The van der Waals surface area contributed by atoms with Crippen molar-refractivity contribution in [3.05, 3.63) is 46.3 Å². The Morgan fingerprint density at radius 1 is 1.45 bits per heavy atom. The molecular weight excluding hydrogens is 256 g/mol. The highest BCUT2D eigenvalue weighted by Crippen LogP contribution is 2.19. The van der Waals surface area contributed by atoms with Crippen molar-refractivity contribution in [3.8, 4) is 0 Å². The van der Waals surface area contributed by atoms with Crippen LogP contribution in [0.2, 0.25) is 0 Å². The SMILES string of the molecule is COC(=O)C(NCCCN=[N+]=[N-])C(C)c1ccccc1. The Kier molecular flexibility index (Phi) is 7.17. The maximum atomic E-state index is 11.9. The number of esters is 1. The van der Waals surface area contributed by atoms with Crippen molar-refractivity contribution in [2.24, 2.45) is 5.11 Å². The molecule has 0 saturated heterocycles. The van der Waals surface area contributed by atoms with Crippen molar-refractivity contribution < 1.29 is 9.53 Å². The average molecular weight is 276 g/mol. The van der Waals surface area contributed by atoms with Crippen molar-refractivity contribution >= 4 is 5.97 Å². The van der Waals surface area contributed by atoms with E-state index in [9.17, 15) is 4.79 Å². The van der Waals surface area contributed by atoms with Gasteiger partial charge >= 0.3 is 5.97 Å². The quantitative estimate of drug-likeness (QED) is 0.260. The molecule has 0 aromatic heterocycles. The minimum atomic E-state index is -0.409. The number of benzene rings is 1. The minimum Gasteiger partial charge on any atom is -0.468 e. The molecule has 0 saturated carbocycles. The van der Waals surface area contributed by atoms with Crippen LogP contribution in [-0.2, 0) is 9.53 Å². The Morgan fingerprint density at radius 2 is 2.15 bits per heavy atom. The fourth-order valence-corrected chi connectivity index (χ4v) is 1.99. The van der Waals surface area contributed by atoms with Gasteiger partial charge in [0.2, 0.25) is 0 Å². The summed E-state index contributed by atoms with van der Waals surface area (Å²) in [6.45, 7) is 2.99. The Bertz CT molecular complexity index is 458. The normalized spacial score (nSPS) is 13.1. The molecule has 2 unspecified atom stereocenters. The summed E-state index contributed by atoms with van der Waals surface area (Å²) in [6.07, 6.45) is 0.680. The van der Waals surface area contributed by atoms with Gasteiger partial charge in [-0.25, -0.2) is 0 Å². The number of nitrogens with zero attached hydrogens (tertiary/aromatic N) is 3. The molecule has 0 aliphatic carbocycles. The lowest BCUT2D eigenvalue weighted by Gasteiger charge is -2.23. The summed E-state index contributed by atoms with van der Waals surface area (Å²) in [6, 6.07) is 9.40. The molecule has 108 valence electrons. The second-order valence-corrected chi connectivity index (χ2v) is 4.46. The van der Waals surface area contributed by atoms with Crippen LogP contribution in [0.25, 0.3) is 10.4 Å². The third kappa shape index (κ3) is 4.91. The number of hydrogen-bond acceptors (Lipinski definition) is 4. The van der Waals surface area contributed by atoms with Gasteiger partial charge < -0.3 is 10.1 Å². The molecule has 0 amide bonds. The first-order valence-corrected chi connectivity index (χ1v) is 6.57. The Hall–Kier alpha value is -2.04. The van der Waals surface area contributed by atoms with Gasteiger partial charge in [0, 0.05) is 17.4 Å². The lowest BCUT2D eigenvalue weighted by atomic mass is 9.93. The molecule has 0 heterocycles. The van der Waals surface area contributed by atoms with Crippen molar-refractivity contribution in [1.29, 1.82) is 0 Å². The summed E-state index contributed by atoms with van der Waals surface area (Å²) in [5.74, 6) is -0.284. The predicted molar refractivity (Wildman–Crippen MR) is 77.3 cm³/mol. The molecule has 0 spiro atoms. The lowest BCUT2D eigenvalue weighted by molar-refractivity contribution is -0.143. The van der Waals surface area contributed by atoms with E-state index in [0.29, 0.717) is 19.5 Å². The first kappa shape index (κ1) is 16.0. The number of ether oxygens (including phenoxy) is 1. The van der Waals surface area contributed by atoms with E-state index >= 15 is 0 Å².